The second-order valence-electron chi connectivity index (χ2n) is 1.13. The predicted molar refractivity (Wildman–Crippen MR) is 45.8 cm³/mol. The Morgan fingerprint density at radius 2 is 1.55 bits per heavy atom. The molecule has 0 saturated carbocycles. The molecule has 0 aliphatic rings. The number of nitrogens with two attached hydrogens (primary N) is 1. The van der Waals surface area contributed by atoms with Crippen LogP contribution in [-0.4, -0.2) is 17.6 Å². The predicted octanol–water partition coefficient (Wildman–Crippen LogP) is -2.30. The quantitative estimate of drug-likeness (QED) is 0.320. The van der Waals surface area contributed by atoms with E-state index in [0.717, 1.165) is 0 Å². The Morgan fingerprint density at radius 3 is 1.64 bits per heavy atom. The van der Waals surface area contributed by atoms with Gasteiger partial charge in [-0.3, -0.25) is 0 Å². The number of carbonyl (C=O) groups excluding carboxylic acids is 1. The summed E-state index contributed by atoms with van der Waals surface area (Å²) in [6, 6.07) is 0. The molecule has 0 spiro atoms. The number of amides is 1. The van der Waals surface area contributed by atoms with Crippen LogP contribution in [0.3, 0.4) is 0 Å². The molecule has 11 heavy (non-hydrogen) atoms. The Hall–Kier alpha value is 0.970. The molecule has 0 aromatic carbocycles. The molecule has 1 amide bonds. The van der Waals surface area contributed by atoms with Gasteiger partial charge in [0.15, 0.2) is 0 Å². The first-order valence-electron chi connectivity index (χ1n) is 2.86. The Kier molecular flexibility index (Phi) is 27.9. The molecule has 2 N–H and O–H groups in total. The molecule has 0 heterocycles. The van der Waals surface area contributed by atoms with Crippen molar-refractivity contribution in [3.05, 3.63) is 0 Å². The zero-order valence-electron chi connectivity index (χ0n) is 7.12. The molecule has 0 fully saturated rings. The van der Waals surface area contributed by atoms with Crippen LogP contribution in [0.25, 0.3) is 0 Å². The van der Waals surface area contributed by atoms with Gasteiger partial charge in [0, 0.05) is 11.5 Å². The van der Waals surface area contributed by atoms with Crippen LogP contribution in [-0.2, 0) is 0 Å². The van der Waals surface area contributed by atoms with E-state index in [9.17, 15) is 0 Å². The first-order valence-corrected chi connectivity index (χ1v) is 5.34. The fourth-order valence-electron chi connectivity index (χ4n) is 0.167. The van der Waals surface area contributed by atoms with Crippen LogP contribution in [0.1, 0.15) is 13.8 Å². The van der Waals surface area contributed by atoms with Crippen molar-refractivity contribution in [2.24, 2.45) is 5.73 Å². The molecule has 6 heteroatoms. The van der Waals surface area contributed by atoms with Gasteiger partial charge >= 0.3 is 29.6 Å². The molecule has 0 saturated heterocycles. The number of primary amides is 1. The molecular weight excluding hydrogens is 193 g/mol. The summed E-state index contributed by atoms with van der Waals surface area (Å²) in [5.74, 6) is 2.47. The van der Waals surface area contributed by atoms with Gasteiger partial charge in [-0.15, -0.1) is 0 Å². The average Bonchev–Trinajstić information content (AvgIpc) is 1.82. The molecule has 0 atom stereocenters. The first-order chi connectivity index (χ1) is 4.65. The molecule has 0 aliphatic heterocycles. The third-order valence-electron chi connectivity index (χ3n) is 0.319. The molecule has 0 aromatic rings. The van der Waals surface area contributed by atoms with E-state index in [-0.39, 0.29) is 29.6 Å². The topological polar surface area (TPSA) is 66.2 Å². The standard InChI is InChI=1S/C4H10S2.CH3NO2.Na/c1-3-5-6-4-2;2-1(3)4;/h3-4H2,1-2H3;2H2,(H,3,4);/q;;+1/p-1. The summed E-state index contributed by atoms with van der Waals surface area (Å²) in [4.78, 5) is 8.67. The van der Waals surface area contributed by atoms with Gasteiger partial charge in [0.1, 0.15) is 6.09 Å². The van der Waals surface area contributed by atoms with Crippen molar-refractivity contribution in [2.75, 3.05) is 11.5 Å². The smallest absolute Gasteiger partial charge is 0.530 e. The van der Waals surface area contributed by atoms with Crippen LogP contribution in [0.2, 0.25) is 0 Å². The Balaban J connectivity index is -0.000000114. The van der Waals surface area contributed by atoms with Crippen molar-refractivity contribution in [1.82, 2.24) is 0 Å². The third-order valence-corrected chi connectivity index (χ3v) is 2.87. The minimum absolute atomic E-state index is 0. The zero-order chi connectivity index (χ0) is 8.41. The second-order valence-corrected chi connectivity index (χ2v) is 4.17. The van der Waals surface area contributed by atoms with E-state index < -0.39 is 6.09 Å². The van der Waals surface area contributed by atoms with E-state index in [4.69, 9.17) is 9.90 Å². The number of carboxylic acid groups (broad SMARTS) is 1. The van der Waals surface area contributed by atoms with Crippen molar-refractivity contribution in [3.8, 4) is 0 Å². The number of hydrogen-bond acceptors (Lipinski definition) is 4. The van der Waals surface area contributed by atoms with Gasteiger partial charge in [-0.25, -0.2) is 0 Å². The molecule has 0 unspecified atom stereocenters. The van der Waals surface area contributed by atoms with E-state index in [2.05, 4.69) is 19.6 Å². The van der Waals surface area contributed by atoms with Crippen molar-refractivity contribution in [3.63, 3.8) is 0 Å². The van der Waals surface area contributed by atoms with E-state index in [1.807, 2.05) is 21.6 Å². The second kappa shape index (κ2) is 17.2. The zero-order valence-corrected chi connectivity index (χ0v) is 10.8. The van der Waals surface area contributed by atoms with Crippen LogP contribution >= 0.6 is 21.6 Å². The molecule has 62 valence electrons. The maximum Gasteiger partial charge on any atom is 1.00 e. The SMILES string of the molecule is CCSSCC.NC(=O)[O-].[Na+]. The van der Waals surface area contributed by atoms with E-state index >= 15 is 0 Å². The van der Waals surface area contributed by atoms with Gasteiger partial charge in [-0.2, -0.15) is 0 Å². The minimum atomic E-state index is -1.58. The van der Waals surface area contributed by atoms with Crippen molar-refractivity contribution in [2.45, 2.75) is 13.8 Å². The summed E-state index contributed by atoms with van der Waals surface area (Å²) < 4.78 is 0. The molecule has 0 bridgehead atoms. The summed E-state index contributed by atoms with van der Waals surface area (Å²) in [6.45, 7) is 4.35. The van der Waals surface area contributed by atoms with Gasteiger partial charge in [0.05, 0.1) is 0 Å². The molecular formula is C5H12NNaO2S2. The van der Waals surface area contributed by atoms with Gasteiger partial charge < -0.3 is 15.6 Å². The first kappa shape index (κ1) is 17.9. The summed E-state index contributed by atoms with van der Waals surface area (Å²) in [5.41, 5.74) is 3.92. The number of hydrogen-bond donors (Lipinski definition) is 1. The monoisotopic (exact) mass is 205 g/mol. The Labute approximate surface area is 97.6 Å². The van der Waals surface area contributed by atoms with Crippen molar-refractivity contribution >= 4 is 27.7 Å². The molecule has 3 nitrogen and oxygen atoms in total. The van der Waals surface area contributed by atoms with Gasteiger partial charge in [0.2, 0.25) is 0 Å². The summed E-state index contributed by atoms with van der Waals surface area (Å²) in [6.07, 6.45) is -1.58. The molecule has 0 rings (SSSR count). The van der Waals surface area contributed by atoms with Gasteiger partial charge in [0.25, 0.3) is 0 Å². The van der Waals surface area contributed by atoms with Crippen LogP contribution in [0.5, 0.6) is 0 Å². The van der Waals surface area contributed by atoms with Crippen LogP contribution < -0.4 is 40.4 Å². The van der Waals surface area contributed by atoms with Crippen LogP contribution in [0.4, 0.5) is 4.79 Å². The number of rotatable bonds is 3. The molecule has 0 radical (unpaired) electrons. The van der Waals surface area contributed by atoms with Crippen LogP contribution in [0.15, 0.2) is 0 Å². The van der Waals surface area contributed by atoms with Gasteiger partial charge in [-0.05, 0) is 0 Å². The van der Waals surface area contributed by atoms with Crippen LogP contribution in [0, 0.1) is 0 Å². The fraction of sp³-hybridized carbons (Fsp3) is 0.800. The van der Waals surface area contributed by atoms with E-state index in [1.54, 1.807) is 0 Å². The molecule has 0 aliphatic carbocycles. The van der Waals surface area contributed by atoms with Gasteiger partial charge in [-0.1, -0.05) is 35.4 Å². The normalized spacial score (nSPS) is 7.09. The fourth-order valence-corrected chi connectivity index (χ4v) is 1.50. The maximum absolute atomic E-state index is 8.67. The average molecular weight is 205 g/mol. The summed E-state index contributed by atoms with van der Waals surface area (Å²) in [7, 11) is 3.85. The minimum Gasteiger partial charge on any atom is -0.530 e. The van der Waals surface area contributed by atoms with Crippen molar-refractivity contribution < 1.29 is 39.5 Å². The maximum atomic E-state index is 8.67. The Bertz CT molecular complexity index is 76.9. The van der Waals surface area contributed by atoms with E-state index in [0.29, 0.717) is 0 Å². The van der Waals surface area contributed by atoms with E-state index in [1.165, 1.54) is 11.5 Å². The Morgan fingerprint density at radius 1 is 1.36 bits per heavy atom. The largest absolute Gasteiger partial charge is 1.00 e. The van der Waals surface area contributed by atoms with Crippen molar-refractivity contribution in [1.29, 1.82) is 0 Å². The summed E-state index contributed by atoms with van der Waals surface area (Å²) >= 11 is 0. The summed E-state index contributed by atoms with van der Waals surface area (Å²) in [5, 5.41) is 8.67. The molecule has 0 aromatic heterocycles. The third kappa shape index (κ3) is 56.0. The number of carbonyl (C=O) groups is 1.